The fourth-order valence-corrected chi connectivity index (χ4v) is 1.42. The van der Waals surface area contributed by atoms with Gasteiger partial charge in [0.05, 0.1) is 24.2 Å². The molecule has 7 nitrogen and oxygen atoms in total. The average Bonchev–Trinajstić information content (AvgIpc) is 2.37. The Balaban J connectivity index is 0.00000361. The topological polar surface area (TPSA) is 105 Å². The number of nitrogens with one attached hydrogen (secondary N) is 1. The van der Waals surface area contributed by atoms with Gasteiger partial charge in [-0.05, 0) is 13.8 Å². The SMILES string of the molecule is COC(=O)C1=CNC(C)=C(C(=O)OC(C)C(=O)[O-])C1.[Na+]. The number of esters is 2. The predicted octanol–water partition coefficient (Wildman–Crippen LogP) is -4.00. The maximum atomic E-state index is 11.8. The van der Waals surface area contributed by atoms with E-state index < -0.39 is 24.0 Å². The Hall–Kier alpha value is -1.31. The summed E-state index contributed by atoms with van der Waals surface area (Å²) in [5.41, 5.74) is 0.917. The van der Waals surface area contributed by atoms with Gasteiger partial charge >= 0.3 is 41.5 Å². The van der Waals surface area contributed by atoms with Crippen LogP contribution in [-0.2, 0) is 23.9 Å². The smallest absolute Gasteiger partial charge is 0.546 e. The van der Waals surface area contributed by atoms with Gasteiger partial charge in [0.25, 0.3) is 0 Å². The second kappa shape index (κ2) is 8.08. The number of carboxylic acid groups (broad SMARTS) is 1. The van der Waals surface area contributed by atoms with Crippen LogP contribution in [-0.4, -0.2) is 31.1 Å². The van der Waals surface area contributed by atoms with Gasteiger partial charge in [0.1, 0.15) is 6.10 Å². The minimum absolute atomic E-state index is 0. The van der Waals surface area contributed by atoms with E-state index >= 15 is 0 Å². The first-order valence-corrected chi connectivity index (χ1v) is 5.52. The van der Waals surface area contributed by atoms with E-state index in [2.05, 4.69) is 10.1 Å². The van der Waals surface area contributed by atoms with Crippen molar-refractivity contribution in [2.24, 2.45) is 0 Å². The van der Waals surface area contributed by atoms with Crippen molar-refractivity contribution >= 4 is 17.9 Å². The Labute approximate surface area is 138 Å². The Morgan fingerprint density at radius 2 is 1.95 bits per heavy atom. The predicted molar refractivity (Wildman–Crippen MR) is 61.1 cm³/mol. The summed E-state index contributed by atoms with van der Waals surface area (Å²) in [6.45, 7) is 2.81. The molecule has 104 valence electrons. The molecule has 20 heavy (non-hydrogen) atoms. The summed E-state index contributed by atoms with van der Waals surface area (Å²) in [5, 5.41) is 13.2. The minimum Gasteiger partial charge on any atom is -0.546 e. The third kappa shape index (κ3) is 4.66. The molecule has 0 amide bonds. The molecular weight excluding hydrogens is 277 g/mol. The molecule has 0 aromatic rings. The molecule has 8 heteroatoms. The Bertz CT molecular complexity index is 482. The first-order valence-electron chi connectivity index (χ1n) is 5.52. The second-order valence-electron chi connectivity index (χ2n) is 3.95. The second-order valence-corrected chi connectivity index (χ2v) is 3.95. The van der Waals surface area contributed by atoms with Crippen LogP contribution < -0.4 is 40.0 Å². The first kappa shape index (κ1) is 18.7. The van der Waals surface area contributed by atoms with Crippen LogP contribution in [0.1, 0.15) is 20.3 Å². The van der Waals surface area contributed by atoms with Crippen molar-refractivity contribution in [3.63, 3.8) is 0 Å². The van der Waals surface area contributed by atoms with Gasteiger partial charge in [0.2, 0.25) is 0 Å². The molecule has 0 fully saturated rings. The molecule has 0 bridgehead atoms. The van der Waals surface area contributed by atoms with Gasteiger partial charge in [0.15, 0.2) is 0 Å². The van der Waals surface area contributed by atoms with Crippen molar-refractivity contribution in [2.75, 3.05) is 7.11 Å². The van der Waals surface area contributed by atoms with E-state index in [0.29, 0.717) is 5.70 Å². The van der Waals surface area contributed by atoms with Gasteiger partial charge in [-0.25, -0.2) is 9.59 Å². The van der Waals surface area contributed by atoms with Crippen LogP contribution in [0.4, 0.5) is 0 Å². The molecule has 0 aromatic heterocycles. The molecule has 1 unspecified atom stereocenters. The van der Waals surface area contributed by atoms with Crippen molar-refractivity contribution < 1.29 is 58.5 Å². The van der Waals surface area contributed by atoms with Gasteiger partial charge in [-0.3, -0.25) is 0 Å². The fourth-order valence-electron chi connectivity index (χ4n) is 1.42. The molecule has 1 heterocycles. The Morgan fingerprint density at radius 1 is 1.35 bits per heavy atom. The first-order chi connectivity index (χ1) is 8.86. The molecule has 0 aromatic carbocycles. The van der Waals surface area contributed by atoms with Crippen molar-refractivity contribution in [2.45, 2.75) is 26.4 Å². The molecule has 1 rings (SSSR count). The number of methoxy groups -OCH3 is 1. The van der Waals surface area contributed by atoms with Crippen molar-refractivity contribution in [1.29, 1.82) is 0 Å². The van der Waals surface area contributed by atoms with Crippen molar-refractivity contribution in [3.05, 3.63) is 23.0 Å². The third-order valence-electron chi connectivity index (χ3n) is 2.59. The number of aliphatic carboxylic acids is 1. The number of carbonyl (C=O) groups excluding carboxylic acids is 3. The van der Waals surface area contributed by atoms with Crippen LogP contribution in [0.15, 0.2) is 23.0 Å². The van der Waals surface area contributed by atoms with Crippen LogP contribution in [0.5, 0.6) is 0 Å². The maximum absolute atomic E-state index is 11.8. The standard InChI is InChI=1S/C12H15NO6.Na/c1-6-9(12(17)19-7(2)10(14)15)4-8(5-13-6)11(16)18-3;/h5,7,13H,4H2,1-3H3,(H,14,15);/q;+1/p-1. The van der Waals surface area contributed by atoms with Gasteiger partial charge in [-0.2, -0.15) is 0 Å². The van der Waals surface area contributed by atoms with Gasteiger partial charge in [0, 0.05) is 18.3 Å². The molecular formula is C12H14NNaO6. The molecule has 0 saturated heterocycles. The Morgan fingerprint density at radius 3 is 2.45 bits per heavy atom. The van der Waals surface area contributed by atoms with E-state index in [1.807, 2.05) is 0 Å². The van der Waals surface area contributed by atoms with E-state index in [1.165, 1.54) is 20.2 Å². The zero-order valence-electron chi connectivity index (χ0n) is 11.8. The van der Waals surface area contributed by atoms with Crippen molar-refractivity contribution in [3.8, 4) is 0 Å². The molecule has 1 aliphatic heterocycles. The summed E-state index contributed by atoms with van der Waals surface area (Å²) in [7, 11) is 1.23. The summed E-state index contributed by atoms with van der Waals surface area (Å²) >= 11 is 0. The number of ether oxygens (including phenoxy) is 2. The molecule has 0 saturated carbocycles. The minimum atomic E-state index is -1.49. The molecule has 0 radical (unpaired) electrons. The number of hydrogen-bond donors (Lipinski definition) is 1. The summed E-state index contributed by atoms with van der Waals surface area (Å²) in [6.07, 6.45) is 0.0878. The van der Waals surface area contributed by atoms with Crippen LogP contribution in [0.25, 0.3) is 0 Å². The molecule has 1 atom stereocenters. The summed E-state index contributed by atoms with van der Waals surface area (Å²) < 4.78 is 9.25. The Kier molecular flexibility index (Phi) is 7.55. The molecule has 0 spiro atoms. The number of carboxylic acids is 1. The van der Waals surface area contributed by atoms with Gasteiger partial charge in [-0.1, -0.05) is 0 Å². The maximum Gasteiger partial charge on any atom is 1.00 e. The normalized spacial score (nSPS) is 15.2. The van der Waals surface area contributed by atoms with E-state index in [1.54, 1.807) is 6.92 Å². The number of allylic oxidation sites excluding steroid dienone is 1. The molecule has 0 aliphatic carbocycles. The third-order valence-corrected chi connectivity index (χ3v) is 2.59. The zero-order valence-corrected chi connectivity index (χ0v) is 13.8. The number of carbonyl (C=O) groups is 3. The summed E-state index contributed by atoms with van der Waals surface area (Å²) in [4.78, 5) is 33.7. The zero-order chi connectivity index (χ0) is 14.6. The van der Waals surface area contributed by atoms with Gasteiger partial charge < -0.3 is 24.7 Å². The molecule has 1 N–H and O–H groups in total. The van der Waals surface area contributed by atoms with Gasteiger partial charge in [-0.15, -0.1) is 0 Å². The quantitative estimate of drug-likeness (QED) is 0.416. The van der Waals surface area contributed by atoms with E-state index in [4.69, 9.17) is 4.74 Å². The van der Waals surface area contributed by atoms with Crippen molar-refractivity contribution in [1.82, 2.24) is 5.32 Å². The number of dihydropyridines is 1. The average molecular weight is 291 g/mol. The summed E-state index contributed by atoms with van der Waals surface area (Å²) in [5.74, 6) is -2.87. The number of hydrogen-bond acceptors (Lipinski definition) is 7. The van der Waals surface area contributed by atoms with Crippen LogP contribution >= 0.6 is 0 Å². The molecule has 1 aliphatic rings. The summed E-state index contributed by atoms with van der Waals surface area (Å²) in [6, 6.07) is 0. The van der Waals surface area contributed by atoms with E-state index in [0.717, 1.165) is 0 Å². The van der Waals surface area contributed by atoms with Crippen LogP contribution in [0.2, 0.25) is 0 Å². The fraction of sp³-hybridized carbons (Fsp3) is 0.417. The monoisotopic (exact) mass is 291 g/mol. The van der Waals surface area contributed by atoms with Crippen LogP contribution in [0, 0.1) is 0 Å². The van der Waals surface area contributed by atoms with Crippen LogP contribution in [0.3, 0.4) is 0 Å². The van der Waals surface area contributed by atoms with E-state index in [9.17, 15) is 19.5 Å². The number of rotatable bonds is 4. The van der Waals surface area contributed by atoms with E-state index in [-0.39, 0.29) is 47.1 Å². The largest absolute Gasteiger partial charge is 1.00 e.